The maximum absolute atomic E-state index is 11.6. The van der Waals surface area contributed by atoms with E-state index in [0.29, 0.717) is 0 Å². The minimum absolute atomic E-state index is 0.0593. The average molecular weight is 2060 g/mol. The van der Waals surface area contributed by atoms with E-state index in [1.165, 1.54) is 27.7 Å². The molecule has 0 aliphatic carbocycles. The molecular formula is C117H180N6O18. The van der Waals surface area contributed by atoms with E-state index in [1.807, 2.05) is 0 Å². The molecule has 0 radical (unpaired) electrons. The van der Waals surface area contributed by atoms with Gasteiger partial charge in [0.25, 0.3) is 0 Å². The van der Waals surface area contributed by atoms with E-state index >= 15 is 0 Å². The summed E-state index contributed by atoms with van der Waals surface area (Å²) in [7, 11) is -0.856. The van der Waals surface area contributed by atoms with Crippen LogP contribution in [0.1, 0.15) is 427 Å². The summed E-state index contributed by atoms with van der Waals surface area (Å²) in [6.45, 7) is -59.4. The standard InChI is InChI=1S/3C20H31NO3.3C19H29NO3/c3*1-20(2,3)11-14-12-21-7-6-13-8-18(23-4)19(24-5)9-15(13)16(21)10-17(14)22;3*1-12(2)7-14-11-20-6-5-13-8-18(22-3)19(23-4)9-15(13)16(20)10-17(14)21/h3*8-9,14,16-17,22H,6-7,10-12H2,1-5H3;3*8-9,12,14,16-17,21H,5-7,10-11H2,1-4H3/i1D3,2D3,5D3,6D2,7D2,8D,9D,10D2,11D2,12D2,14D,17D;2*1D3,2D3,6D2,7D2,8D,9D,10D2,11D2,12D2,14D,17D;2*4D3,5D2,6D2,8D,9D,10D2,11D2,14D,17D;5D2,6D2,8D,9D,10D2,11D2,14D,17D. The van der Waals surface area contributed by atoms with Gasteiger partial charge < -0.3 is 87.5 Å². The molecule has 24 nitrogen and oxygen atoms in total. The van der Waals surface area contributed by atoms with E-state index in [-0.39, 0.29) is 45.3 Å². The zero-order valence-corrected chi connectivity index (χ0v) is 79.1. The number of ether oxygens (including phenoxy) is 12. The normalized spacial score (nSPS) is 54.3. The van der Waals surface area contributed by atoms with E-state index in [4.69, 9.17) is 201 Å². The summed E-state index contributed by atoms with van der Waals surface area (Å²) in [5.41, 5.74) is -23.3. The first-order valence-electron chi connectivity index (χ1n) is 95.0. The maximum Gasteiger partial charge on any atom is 0.161 e. The van der Waals surface area contributed by atoms with Crippen molar-refractivity contribution in [2.75, 3.05) is 163 Å². The molecule has 6 fully saturated rings. The van der Waals surface area contributed by atoms with Crippen LogP contribution in [0.25, 0.3) is 0 Å². The lowest BCUT2D eigenvalue weighted by molar-refractivity contribution is -0.0259. The average Bonchev–Trinajstić information content (AvgIpc) is 0.633. The van der Waals surface area contributed by atoms with E-state index in [2.05, 4.69) is 0 Å². The highest BCUT2D eigenvalue weighted by Gasteiger charge is 2.47. The summed E-state index contributed by atoms with van der Waals surface area (Å²) in [5.74, 6) is -33.5. The molecular weight excluding hydrogens is 1780 g/mol. The van der Waals surface area contributed by atoms with Gasteiger partial charge in [0.05, 0.1) is 159 Å². The monoisotopic (exact) mass is 2060 g/mol. The summed E-state index contributed by atoms with van der Waals surface area (Å²) >= 11 is 0. The number of rotatable bonds is 21. The quantitative estimate of drug-likeness (QED) is 0.0392. The zero-order chi connectivity index (χ0) is 195. The summed E-state index contributed by atoms with van der Waals surface area (Å²) in [6, 6.07) is -27.8. The third-order valence-electron chi connectivity index (χ3n) is 20.5. The Hall–Kier alpha value is -7.56. The Bertz CT molecular complexity index is 9970. The second-order valence-corrected chi connectivity index (χ2v) is 33.1. The molecule has 0 spiro atoms. The fraction of sp³-hybridized carbons (Fsp3) is 0.692. The molecule has 18 unspecified atom stereocenters. The Morgan fingerprint density at radius 1 is 0.284 bits per heavy atom. The van der Waals surface area contributed by atoms with Gasteiger partial charge in [0, 0.05) is 221 Å². The molecule has 0 aromatic heterocycles. The zero-order valence-electron chi connectivity index (χ0n) is 184. The van der Waals surface area contributed by atoms with Crippen molar-refractivity contribution in [3.05, 3.63) is 139 Å². The topological polar surface area (TPSA) is 252 Å². The second-order valence-electron chi connectivity index (χ2n) is 33.1. The Labute approximate surface area is 993 Å². The number of benzene rings is 6. The molecule has 6 aromatic carbocycles. The van der Waals surface area contributed by atoms with Crippen molar-refractivity contribution in [1.29, 1.82) is 0 Å². The lowest BCUT2D eigenvalue weighted by Crippen LogP contribution is -2.48. The van der Waals surface area contributed by atoms with Crippen molar-refractivity contribution in [3.8, 4) is 69.0 Å². The first kappa shape index (κ1) is 37.3. The van der Waals surface area contributed by atoms with Crippen LogP contribution >= 0.6 is 0 Å². The molecule has 141 heavy (non-hydrogen) atoms. The van der Waals surface area contributed by atoms with Crippen LogP contribution in [0.2, 0.25) is 0 Å². The van der Waals surface area contributed by atoms with Gasteiger partial charge in [-0.1, -0.05) is 103 Å². The molecule has 12 aliphatic heterocycles. The van der Waals surface area contributed by atoms with Gasteiger partial charge >= 0.3 is 0 Å². The van der Waals surface area contributed by atoms with Crippen LogP contribution in [0, 0.1) is 69.4 Å². The minimum Gasteiger partial charge on any atom is -0.493 e. The number of aliphatic hydroxyl groups is 6. The van der Waals surface area contributed by atoms with Gasteiger partial charge in [-0.05, 0) is 323 Å². The van der Waals surface area contributed by atoms with Crippen molar-refractivity contribution in [3.63, 3.8) is 0 Å². The van der Waals surface area contributed by atoms with Gasteiger partial charge in [0.2, 0.25) is 0 Å². The maximum atomic E-state index is 11.6. The Balaban J connectivity index is 0.000000233. The van der Waals surface area contributed by atoms with Crippen LogP contribution in [0.3, 0.4) is 0 Å². The summed E-state index contributed by atoms with van der Waals surface area (Å²) < 4.78 is 952. The van der Waals surface area contributed by atoms with Gasteiger partial charge in [-0.15, -0.1) is 0 Å². The highest BCUT2D eigenvalue weighted by atomic mass is 16.5. The lowest BCUT2D eigenvalue weighted by atomic mass is 9.75. The van der Waals surface area contributed by atoms with Crippen LogP contribution in [0.15, 0.2) is 72.5 Å². The van der Waals surface area contributed by atoms with Gasteiger partial charge in [0.15, 0.2) is 69.0 Å². The summed E-state index contributed by atoms with van der Waals surface area (Å²) in [4.78, 5) is -0.908. The van der Waals surface area contributed by atoms with Crippen LogP contribution in [-0.4, -0.2) is 260 Å². The van der Waals surface area contributed by atoms with Crippen molar-refractivity contribution < 1.29 is 231 Å². The highest BCUT2D eigenvalue weighted by Crippen LogP contribution is 2.53. The smallest absolute Gasteiger partial charge is 0.161 e. The Morgan fingerprint density at radius 3 is 0.596 bits per heavy atom. The molecule has 6 aromatic rings. The SMILES string of the molecule is [2H]c1c(OC([2H])([2H])[2H])c(OC)c([2H])c2c1C1N(C([2H])([2H])C2([2H])[2H])C([2H])([2H])C([2H])(C([2H])([2H])C(C)(C([2H])([2H])[2H])C([2H])([2H])[2H])C([2H])(O)C1([2H])[2H].[2H]c1c(OC([2H])([2H])[2H])c(OC)c([2H])c2c1C1N(C([2H])([2H])C2([2H])[2H])C([2H])([2H])C([2H])(CC(C)C)C([2H])(O)C1([2H])[2H].[2H]c1c(OC([2H])([2H])[2H])c(OC)c([2H])c2c1C1N(C([2H])([2H])C2([2H])[2H])C([2H])([2H])C([2H])(CC(C)C)C([2H])(O)C1([2H])[2H].[2H]c1c(OC)c(OC)c([2H])c2c1C1N(C([2H])([2H])C2([2H])[2H])C([2H])([2H])C([2H])(C([2H])([2H])C(C)(C([2H])([2H])[2H])C([2H])([2H])[2H])C([2H])(O)C1([2H])[2H].[2H]c1c(OC)c(OC)c([2H])c2c1C1N(C([2H])([2H])C2([2H])[2H])C([2H])([2H])C([2H])(C([2H])([2H])C(C)(C([2H])([2H])[2H])C([2H])([2H])[2H])C([2H])(O)C1([2H])[2H].[2H]c1c(OC)c(OC)c([2H])c2c1C1N(C([2H])([2H])C2([2H])[2H])C([2H])([2H])C([2H])(CC(C)C)C([2H])(O)C1([2H])[2H]. The molecule has 6 N–H and O–H groups in total. The number of methoxy groups -OCH3 is 12. The number of hydrogen-bond donors (Lipinski definition) is 6. The molecule has 18 rings (SSSR count). The molecule has 0 saturated carbocycles. The molecule has 18 atom stereocenters. The van der Waals surface area contributed by atoms with Crippen molar-refractivity contribution in [2.24, 2.45) is 69.4 Å². The molecule has 12 aliphatic rings. The Kier molecular flexibility index (Phi) is 12.8. The molecule has 6 saturated heterocycles. The fourth-order valence-electron chi connectivity index (χ4n) is 14.5. The molecule has 0 bridgehead atoms. The van der Waals surface area contributed by atoms with E-state index < -0.39 is 610 Å². The highest BCUT2D eigenvalue weighted by molar-refractivity contribution is 5.55. The third kappa shape index (κ3) is 26.9. The number of fused-ring (bicyclic) bond motifs is 18. The largest absolute Gasteiger partial charge is 0.493 e. The van der Waals surface area contributed by atoms with Crippen molar-refractivity contribution >= 4 is 0 Å². The van der Waals surface area contributed by atoms with Crippen molar-refractivity contribution in [1.82, 2.24) is 29.4 Å². The van der Waals surface area contributed by atoms with Crippen LogP contribution in [-0.2, 0) is 38.2 Å². The van der Waals surface area contributed by atoms with Gasteiger partial charge in [-0.2, -0.15) is 0 Å². The van der Waals surface area contributed by atoms with E-state index in [0.717, 1.165) is 64.0 Å². The summed E-state index contributed by atoms with van der Waals surface area (Å²) in [5, 5.41) is 68.5. The molecule has 12 heterocycles. The molecule has 24 heteroatoms. The fourth-order valence-corrected chi connectivity index (χ4v) is 14.5. The van der Waals surface area contributed by atoms with Gasteiger partial charge in [0.1, 0.15) is 0 Å². The van der Waals surface area contributed by atoms with Crippen molar-refractivity contribution in [2.45, 2.75) is 291 Å². The van der Waals surface area contributed by atoms with Gasteiger partial charge in [-0.3, -0.25) is 29.4 Å². The van der Waals surface area contributed by atoms with E-state index in [1.54, 1.807) is 13.8 Å². The third-order valence-corrected chi connectivity index (χ3v) is 20.5. The van der Waals surface area contributed by atoms with Gasteiger partial charge in [-0.25, -0.2) is 0 Å². The minimum atomic E-state index is -4.69. The first-order chi connectivity index (χ1) is 108. The number of nitrogens with zero attached hydrogens (tertiary/aromatic N) is 6. The molecule has 0 amide bonds. The lowest BCUT2D eigenvalue weighted by Gasteiger charge is -2.47. The predicted molar refractivity (Wildman–Crippen MR) is 561 cm³/mol. The Morgan fingerprint density at radius 2 is 0.440 bits per heavy atom. The van der Waals surface area contributed by atoms with E-state index in [9.17, 15) is 30.6 Å². The first-order valence-corrected chi connectivity index (χ1v) is 42.5. The number of piperidine rings is 6. The predicted octanol–water partition coefficient (Wildman–Crippen LogP) is 19.3. The summed E-state index contributed by atoms with van der Waals surface area (Å²) in [6.07, 6.45) is -83.1. The van der Waals surface area contributed by atoms with Crippen LogP contribution in [0.5, 0.6) is 69.0 Å². The molecule has 786 valence electrons. The van der Waals surface area contributed by atoms with Crippen LogP contribution < -0.4 is 56.8 Å². The number of hydrogen-bond acceptors (Lipinski definition) is 24. The van der Waals surface area contributed by atoms with Crippen LogP contribution in [0.4, 0.5) is 0 Å². The second kappa shape index (κ2) is 48.4.